The van der Waals surface area contributed by atoms with E-state index in [9.17, 15) is 4.79 Å². The van der Waals surface area contributed by atoms with Gasteiger partial charge in [0, 0.05) is 12.6 Å². The van der Waals surface area contributed by atoms with E-state index < -0.39 is 0 Å². The molecular formula is C11H16IN3O. The lowest BCUT2D eigenvalue weighted by Crippen LogP contribution is -2.30. The molecule has 0 atom stereocenters. The van der Waals surface area contributed by atoms with E-state index in [0.717, 1.165) is 18.8 Å². The summed E-state index contributed by atoms with van der Waals surface area (Å²) in [5.41, 5.74) is -0.0345. The maximum Gasteiger partial charge on any atom is 0.266 e. The quantitative estimate of drug-likeness (QED) is 0.840. The van der Waals surface area contributed by atoms with E-state index in [2.05, 4.69) is 44.4 Å². The Morgan fingerprint density at radius 2 is 2.38 bits per heavy atom. The summed E-state index contributed by atoms with van der Waals surface area (Å²) in [5, 5.41) is 0. The summed E-state index contributed by atoms with van der Waals surface area (Å²) in [6.07, 6.45) is 6.29. The number of halogens is 1. The van der Waals surface area contributed by atoms with E-state index in [1.165, 1.54) is 25.6 Å². The minimum Gasteiger partial charge on any atom is -0.353 e. The van der Waals surface area contributed by atoms with Crippen LogP contribution in [0, 0.1) is 3.57 Å². The minimum absolute atomic E-state index is 0.0345. The van der Waals surface area contributed by atoms with E-state index in [1.807, 2.05) is 0 Å². The summed E-state index contributed by atoms with van der Waals surface area (Å²) in [5.74, 6) is 0.861. The van der Waals surface area contributed by atoms with Crippen molar-refractivity contribution in [2.75, 3.05) is 11.4 Å². The molecule has 2 rings (SSSR count). The largest absolute Gasteiger partial charge is 0.353 e. The van der Waals surface area contributed by atoms with Crippen LogP contribution in [0.25, 0.3) is 0 Å². The summed E-state index contributed by atoms with van der Waals surface area (Å²) in [6, 6.07) is 0.606. The highest BCUT2D eigenvalue weighted by Crippen LogP contribution is 2.31. The molecule has 1 heterocycles. The predicted molar refractivity (Wildman–Crippen MR) is 72.9 cm³/mol. The zero-order valence-electron chi connectivity index (χ0n) is 9.37. The standard InChI is InChI=1S/C11H16IN3O/c1-2-3-6-15(8-4-5-8)10-9(12)11(16)14-7-13-10/h7-8H,2-6H2,1H3,(H,13,14,16). The van der Waals surface area contributed by atoms with Crippen LogP contribution < -0.4 is 10.5 Å². The van der Waals surface area contributed by atoms with Gasteiger partial charge >= 0.3 is 0 Å². The molecule has 0 spiro atoms. The normalized spacial score (nSPS) is 15.1. The third-order valence-corrected chi connectivity index (χ3v) is 3.76. The Morgan fingerprint density at radius 1 is 1.62 bits per heavy atom. The molecule has 0 aromatic carbocycles. The van der Waals surface area contributed by atoms with E-state index in [-0.39, 0.29) is 5.56 Å². The molecule has 0 unspecified atom stereocenters. The SMILES string of the molecule is CCCCN(c1nc[nH]c(=O)c1I)C1CC1. The first-order chi connectivity index (χ1) is 7.74. The lowest BCUT2D eigenvalue weighted by molar-refractivity contribution is 0.700. The van der Waals surface area contributed by atoms with Gasteiger partial charge in [-0.2, -0.15) is 0 Å². The lowest BCUT2D eigenvalue weighted by atomic mass is 10.3. The highest BCUT2D eigenvalue weighted by atomic mass is 127. The van der Waals surface area contributed by atoms with E-state index in [4.69, 9.17) is 0 Å². The summed E-state index contributed by atoms with van der Waals surface area (Å²) in [4.78, 5) is 20.7. The summed E-state index contributed by atoms with van der Waals surface area (Å²) >= 11 is 2.09. The molecule has 0 saturated heterocycles. The average molecular weight is 333 g/mol. The fraction of sp³-hybridized carbons (Fsp3) is 0.636. The van der Waals surface area contributed by atoms with Gasteiger partial charge < -0.3 is 9.88 Å². The van der Waals surface area contributed by atoms with E-state index >= 15 is 0 Å². The number of nitrogens with zero attached hydrogens (tertiary/aromatic N) is 2. The summed E-state index contributed by atoms with van der Waals surface area (Å²) in [6.45, 7) is 3.19. The molecule has 0 radical (unpaired) electrons. The third-order valence-electron chi connectivity index (χ3n) is 2.79. The number of nitrogens with one attached hydrogen (secondary N) is 1. The van der Waals surface area contributed by atoms with Crippen LogP contribution in [0.3, 0.4) is 0 Å². The van der Waals surface area contributed by atoms with Gasteiger partial charge in [0.25, 0.3) is 5.56 Å². The fourth-order valence-corrected chi connectivity index (χ4v) is 2.35. The third kappa shape index (κ3) is 2.56. The number of aromatic amines is 1. The van der Waals surface area contributed by atoms with Crippen molar-refractivity contribution in [1.29, 1.82) is 0 Å². The Balaban J connectivity index is 2.24. The topological polar surface area (TPSA) is 49.0 Å². The number of H-pyrrole nitrogens is 1. The van der Waals surface area contributed by atoms with E-state index in [1.54, 1.807) is 0 Å². The van der Waals surface area contributed by atoms with Crippen LogP contribution in [0.15, 0.2) is 11.1 Å². The molecule has 1 aromatic rings. The lowest BCUT2D eigenvalue weighted by Gasteiger charge is -2.23. The maximum absolute atomic E-state index is 11.5. The second-order valence-electron chi connectivity index (χ2n) is 4.15. The van der Waals surface area contributed by atoms with Gasteiger partial charge in [0.1, 0.15) is 9.39 Å². The highest BCUT2D eigenvalue weighted by Gasteiger charge is 2.31. The van der Waals surface area contributed by atoms with Gasteiger partial charge in [-0.3, -0.25) is 4.79 Å². The van der Waals surface area contributed by atoms with Crippen molar-refractivity contribution >= 4 is 28.4 Å². The van der Waals surface area contributed by atoms with Crippen LogP contribution in [0.2, 0.25) is 0 Å². The van der Waals surface area contributed by atoms with Crippen LogP contribution in [-0.4, -0.2) is 22.6 Å². The molecule has 5 heteroatoms. The number of hydrogen-bond donors (Lipinski definition) is 1. The Morgan fingerprint density at radius 3 is 3.00 bits per heavy atom. The van der Waals surface area contributed by atoms with Gasteiger partial charge in [0.15, 0.2) is 0 Å². The summed E-state index contributed by atoms with van der Waals surface area (Å²) < 4.78 is 0.711. The first-order valence-electron chi connectivity index (χ1n) is 5.74. The molecule has 88 valence electrons. The van der Waals surface area contributed by atoms with Gasteiger partial charge in [-0.05, 0) is 41.9 Å². The summed E-state index contributed by atoms with van der Waals surface area (Å²) in [7, 11) is 0. The van der Waals surface area contributed by atoms with Gasteiger partial charge in [-0.15, -0.1) is 0 Å². The highest BCUT2D eigenvalue weighted by molar-refractivity contribution is 14.1. The minimum atomic E-state index is -0.0345. The van der Waals surface area contributed by atoms with Crippen LogP contribution in [0.5, 0.6) is 0 Å². The van der Waals surface area contributed by atoms with Crippen molar-refractivity contribution in [3.05, 3.63) is 20.3 Å². The smallest absolute Gasteiger partial charge is 0.266 e. The number of aromatic nitrogens is 2. The Kier molecular flexibility index (Phi) is 3.83. The number of anilines is 1. The van der Waals surface area contributed by atoms with Crippen molar-refractivity contribution in [3.63, 3.8) is 0 Å². The van der Waals surface area contributed by atoms with Crippen molar-refractivity contribution in [2.45, 2.75) is 38.6 Å². The molecule has 4 nitrogen and oxygen atoms in total. The van der Waals surface area contributed by atoms with Gasteiger partial charge in [0.2, 0.25) is 0 Å². The van der Waals surface area contributed by atoms with Crippen molar-refractivity contribution in [1.82, 2.24) is 9.97 Å². The molecule has 0 amide bonds. The average Bonchev–Trinajstić information content (AvgIpc) is 3.08. The second kappa shape index (κ2) is 5.16. The van der Waals surface area contributed by atoms with Crippen LogP contribution >= 0.6 is 22.6 Å². The molecule has 1 fully saturated rings. The Labute approximate surface area is 109 Å². The molecule has 1 saturated carbocycles. The van der Waals surface area contributed by atoms with Crippen LogP contribution in [0.1, 0.15) is 32.6 Å². The number of unbranched alkanes of at least 4 members (excludes halogenated alkanes) is 1. The molecule has 1 aliphatic rings. The first-order valence-corrected chi connectivity index (χ1v) is 6.81. The molecule has 0 bridgehead atoms. The molecular weight excluding hydrogens is 317 g/mol. The molecule has 1 aliphatic carbocycles. The number of rotatable bonds is 5. The number of hydrogen-bond acceptors (Lipinski definition) is 3. The van der Waals surface area contributed by atoms with Gasteiger partial charge in [-0.1, -0.05) is 13.3 Å². The maximum atomic E-state index is 11.5. The van der Waals surface area contributed by atoms with Crippen molar-refractivity contribution < 1.29 is 0 Å². The second-order valence-corrected chi connectivity index (χ2v) is 5.23. The zero-order chi connectivity index (χ0) is 11.5. The zero-order valence-corrected chi connectivity index (χ0v) is 11.5. The van der Waals surface area contributed by atoms with E-state index in [0.29, 0.717) is 9.61 Å². The molecule has 1 aromatic heterocycles. The first kappa shape index (κ1) is 11.9. The molecule has 0 aliphatic heterocycles. The van der Waals surface area contributed by atoms with Crippen molar-refractivity contribution in [3.8, 4) is 0 Å². The van der Waals surface area contributed by atoms with Gasteiger partial charge in [0.05, 0.1) is 6.33 Å². The fourth-order valence-electron chi connectivity index (χ4n) is 1.75. The Hall–Kier alpha value is -0.590. The monoisotopic (exact) mass is 333 g/mol. The molecule has 16 heavy (non-hydrogen) atoms. The van der Waals surface area contributed by atoms with Crippen molar-refractivity contribution in [2.24, 2.45) is 0 Å². The van der Waals surface area contributed by atoms with Crippen LogP contribution in [0.4, 0.5) is 5.82 Å². The Bertz CT molecular complexity index is 414. The van der Waals surface area contributed by atoms with Crippen LogP contribution in [-0.2, 0) is 0 Å². The van der Waals surface area contributed by atoms with Gasteiger partial charge in [-0.25, -0.2) is 4.98 Å². The predicted octanol–water partition coefficient (Wildman–Crippen LogP) is 2.14. The molecule has 1 N–H and O–H groups in total.